The molecule has 0 aromatic carbocycles. The minimum atomic E-state index is -2.88. The number of halogens is 2. The molecule has 11 heteroatoms. The summed E-state index contributed by atoms with van der Waals surface area (Å²) in [5.74, 6) is -2.82. The summed E-state index contributed by atoms with van der Waals surface area (Å²) in [6, 6.07) is 0. The van der Waals surface area contributed by atoms with Crippen molar-refractivity contribution in [2.45, 2.75) is 6.43 Å². The van der Waals surface area contributed by atoms with Gasteiger partial charge in [0.05, 0.1) is 20.8 Å². The van der Waals surface area contributed by atoms with Crippen molar-refractivity contribution in [2.75, 3.05) is 30.8 Å². The quantitative estimate of drug-likeness (QED) is 0.654. The van der Waals surface area contributed by atoms with Gasteiger partial charge in [-0.25, -0.2) is 27.8 Å². The number of alkyl halides is 2. The van der Waals surface area contributed by atoms with Crippen LogP contribution in [0.2, 0.25) is 0 Å². The molecule has 0 saturated carbocycles. The second-order valence-corrected chi connectivity index (χ2v) is 5.09. The minimum Gasteiger partial charge on any atom is -0.468 e. The van der Waals surface area contributed by atoms with Gasteiger partial charge in [-0.3, -0.25) is 9.10 Å². The Kier molecular flexibility index (Phi) is 6.76. The van der Waals surface area contributed by atoms with E-state index in [1.807, 2.05) is 0 Å². The van der Waals surface area contributed by atoms with Gasteiger partial charge in [0.2, 0.25) is 0 Å². The van der Waals surface area contributed by atoms with Gasteiger partial charge in [-0.1, -0.05) is 0 Å². The number of aromatic nitrogens is 2. The van der Waals surface area contributed by atoms with Crippen molar-refractivity contribution in [3.8, 4) is 0 Å². The predicted octanol–water partition coefficient (Wildman–Crippen LogP) is 0.171. The second kappa shape index (κ2) is 8.32. The van der Waals surface area contributed by atoms with Crippen molar-refractivity contribution in [3.05, 3.63) is 18.1 Å². The Bertz CT molecular complexity index is 572. The van der Waals surface area contributed by atoms with E-state index in [0.29, 0.717) is 4.31 Å². The molecule has 122 valence electrons. The number of anilines is 1. The molecule has 0 saturated heterocycles. The van der Waals surface area contributed by atoms with Crippen LogP contribution in [0, 0.1) is 0 Å². The van der Waals surface area contributed by atoms with E-state index in [1.54, 1.807) is 0 Å². The monoisotopic (exact) mass is 337 g/mol. The number of rotatable bonds is 7. The molecule has 0 aliphatic heterocycles. The lowest BCUT2D eigenvalue weighted by Crippen LogP contribution is -2.36. The highest BCUT2D eigenvalue weighted by Crippen LogP contribution is 2.19. The van der Waals surface area contributed by atoms with E-state index in [0.717, 1.165) is 26.6 Å². The fourth-order valence-electron chi connectivity index (χ4n) is 1.38. The number of esters is 2. The lowest BCUT2D eigenvalue weighted by atomic mass is 10.4. The van der Waals surface area contributed by atoms with Crippen LogP contribution in [0.4, 0.5) is 14.6 Å². The summed E-state index contributed by atoms with van der Waals surface area (Å²) in [4.78, 5) is 30.2. The van der Waals surface area contributed by atoms with Gasteiger partial charge >= 0.3 is 11.9 Å². The molecule has 1 aromatic heterocycles. The minimum absolute atomic E-state index is 0.364. The van der Waals surface area contributed by atoms with E-state index in [-0.39, 0.29) is 11.5 Å². The van der Waals surface area contributed by atoms with Gasteiger partial charge in [-0.15, -0.1) is 0 Å². The van der Waals surface area contributed by atoms with Crippen LogP contribution in [0.3, 0.4) is 0 Å². The van der Waals surface area contributed by atoms with Gasteiger partial charge in [0.1, 0.15) is 16.7 Å². The maximum absolute atomic E-state index is 12.7. The Morgan fingerprint density at radius 3 is 2.45 bits per heavy atom. The number of carbonyl (C=O) groups is 2. The highest BCUT2D eigenvalue weighted by molar-refractivity contribution is 7.87. The number of carbonyl (C=O) groups excluding carboxylic acids is 2. The van der Waals surface area contributed by atoms with Gasteiger partial charge in [0.25, 0.3) is 6.43 Å². The van der Waals surface area contributed by atoms with Gasteiger partial charge in [0.15, 0.2) is 11.5 Å². The molecule has 1 unspecified atom stereocenters. The van der Waals surface area contributed by atoms with Crippen LogP contribution in [0.1, 0.15) is 10.5 Å². The van der Waals surface area contributed by atoms with Crippen molar-refractivity contribution in [3.63, 3.8) is 0 Å². The van der Waals surface area contributed by atoms with E-state index in [9.17, 15) is 22.6 Å². The molecule has 1 atom stereocenters. The van der Waals surface area contributed by atoms with Crippen LogP contribution in [-0.2, 0) is 25.3 Å². The first kappa shape index (κ1) is 17.9. The normalized spacial score (nSPS) is 11.9. The van der Waals surface area contributed by atoms with Crippen LogP contribution in [0.25, 0.3) is 0 Å². The Balaban J connectivity index is 3.20. The zero-order valence-corrected chi connectivity index (χ0v) is 12.5. The Hall–Kier alpha value is -2.17. The van der Waals surface area contributed by atoms with Crippen LogP contribution >= 0.6 is 0 Å². The van der Waals surface area contributed by atoms with Crippen molar-refractivity contribution < 1.29 is 32.1 Å². The fraction of sp³-hybridized carbons (Fsp3) is 0.455. The molecular formula is C11H13F2N3O5S. The molecule has 0 aliphatic rings. The zero-order valence-electron chi connectivity index (χ0n) is 11.7. The van der Waals surface area contributed by atoms with Crippen LogP contribution < -0.4 is 4.31 Å². The number of ether oxygens (including phenoxy) is 2. The molecule has 0 fully saturated rings. The lowest BCUT2D eigenvalue weighted by molar-refractivity contribution is -0.137. The standard InChI is InChI=1S/C11H13F2N3O5S/c1-20-8(17)6-22(19)16(5-7(12)13)10-9(11(18)21-2)14-3-4-15-10/h3-4,7H,5-6H2,1-2H3. The molecular weight excluding hydrogens is 324 g/mol. The number of methoxy groups -OCH3 is 2. The van der Waals surface area contributed by atoms with Crippen molar-refractivity contribution in [2.24, 2.45) is 0 Å². The molecule has 0 bridgehead atoms. The first-order valence-corrected chi connectivity index (χ1v) is 7.08. The lowest BCUT2D eigenvalue weighted by Gasteiger charge is -2.22. The molecule has 1 aromatic rings. The van der Waals surface area contributed by atoms with E-state index in [1.165, 1.54) is 0 Å². The summed E-state index contributed by atoms with van der Waals surface area (Å²) < 4.78 is 46.9. The summed E-state index contributed by atoms with van der Waals surface area (Å²) in [5, 5.41) is 0. The van der Waals surface area contributed by atoms with Gasteiger partial charge in [-0.2, -0.15) is 0 Å². The highest BCUT2D eigenvalue weighted by atomic mass is 32.2. The van der Waals surface area contributed by atoms with Crippen molar-refractivity contribution in [1.29, 1.82) is 0 Å². The van der Waals surface area contributed by atoms with E-state index in [4.69, 9.17) is 0 Å². The molecule has 0 aliphatic carbocycles. The summed E-state index contributed by atoms with van der Waals surface area (Å²) in [5.41, 5.74) is -0.385. The molecule has 1 heterocycles. The Labute approximate surface area is 127 Å². The molecule has 8 nitrogen and oxygen atoms in total. The van der Waals surface area contributed by atoms with Gasteiger partial charge in [0, 0.05) is 12.4 Å². The molecule has 0 N–H and O–H groups in total. The smallest absolute Gasteiger partial charge is 0.360 e. The summed E-state index contributed by atoms with van der Waals surface area (Å²) in [7, 11) is -0.0779. The van der Waals surface area contributed by atoms with E-state index in [2.05, 4.69) is 19.4 Å². The number of nitrogens with zero attached hydrogens (tertiary/aromatic N) is 3. The van der Waals surface area contributed by atoms with Gasteiger partial charge in [-0.05, 0) is 0 Å². The maximum atomic E-state index is 12.7. The first-order valence-electron chi connectivity index (χ1n) is 5.81. The zero-order chi connectivity index (χ0) is 16.7. The average Bonchev–Trinajstić information content (AvgIpc) is 2.51. The number of hydrogen-bond donors (Lipinski definition) is 0. The van der Waals surface area contributed by atoms with Crippen LogP contribution in [0.15, 0.2) is 12.4 Å². The van der Waals surface area contributed by atoms with Gasteiger partial charge < -0.3 is 9.47 Å². The molecule has 22 heavy (non-hydrogen) atoms. The SMILES string of the molecule is COC(=O)CS(=O)N(CC(F)F)c1nccnc1C(=O)OC. The second-order valence-electron chi connectivity index (χ2n) is 3.71. The highest BCUT2D eigenvalue weighted by Gasteiger charge is 2.28. The average molecular weight is 337 g/mol. The fourth-order valence-corrected chi connectivity index (χ4v) is 2.46. The summed E-state index contributed by atoms with van der Waals surface area (Å²) >= 11 is 0. The maximum Gasteiger partial charge on any atom is 0.360 e. The van der Waals surface area contributed by atoms with Crippen LogP contribution in [0.5, 0.6) is 0 Å². The van der Waals surface area contributed by atoms with Crippen molar-refractivity contribution in [1.82, 2.24) is 9.97 Å². The largest absolute Gasteiger partial charge is 0.468 e. The topological polar surface area (TPSA) is 98.7 Å². The number of hydrogen-bond acceptors (Lipinski definition) is 7. The molecule has 1 rings (SSSR count). The third-order valence-corrected chi connectivity index (χ3v) is 3.61. The summed E-state index contributed by atoms with van der Waals surface area (Å²) in [6.07, 6.45) is -0.594. The summed E-state index contributed by atoms with van der Waals surface area (Å²) in [6.45, 7) is -1.01. The third kappa shape index (κ3) is 4.69. The van der Waals surface area contributed by atoms with E-state index >= 15 is 0 Å². The van der Waals surface area contributed by atoms with E-state index < -0.39 is 41.6 Å². The van der Waals surface area contributed by atoms with Crippen molar-refractivity contribution >= 4 is 28.7 Å². The third-order valence-electron chi connectivity index (χ3n) is 2.31. The predicted molar refractivity (Wildman–Crippen MR) is 71.7 cm³/mol. The molecule has 0 amide bonds. The Morgan fingerprint density at radius 2 is 1.91 bits per heavy atom. The molecule has 0 spiro atoms. The Morgan fingerprint density at radius 1 is 1.27 bits per heavy atom. The first-order chi connectivity index (χ1) is 10.4. The molecule has 0 radical (unpaired) electrons. The van der Waals surface area contributed by atoms with Crippen LogP contribution in [-0.4, -0.2) is 59.1 Å².